The summed E-state index contributed by atoms with van der Waals surface area (Å²) in [6.07, 6.45) is -2.84. The predicted octanol–water partition coefficient (Wildman–Crippen LogP) is 4.33. The van der Waals surface area contributed by atoms with Crippen LogP contribution in [-0.4, -0.2) is 43.8 Å². The molecule has 0 amide bonds. The fourth-order valence-corrected chi connectivity index (χ4v) is 4.53. The van der Waals surface area contributed by atoms with Gasteiger partial charge in [0.15, 0.2) is 0 Å². The van der Waals surface area contributed by atoms with Crippen molar-refractivity contribution in [2.24, 2.45) is 0 Å². The summed E-state index contributed by atoms with van der Waals surface area (Å²) in [5.74, 6) is 0. The van der Waals surface area contributed by atoms with Crippen molar-refractivity contribution in [3.05, 3.63) is 59.7 Å². The molecular weight excluding hydrogens is 379 g/mol. The first kappa shape index (κ1) is 20.0. The number of nitrogen functional groups attached to an aromatic ring is 1. The van der Waals surface area contributed by atoms with E-state index in [0.29, 0.717) is 25.8 Å². The Bertz CT molecular complexity index is 822. The molecule has 156 valence electrons. The van der Waals surface area contributed by atoms with Crippen LogP contribution in [0.25, 0.3) is 0 Å². The van der Waals surface area contributed by atoms with Gasteiger partial charge in [-0.1, -0.05) is 30.3 Å². The lowest BCUT2D eigenvalue weighted by atomic mass is 9.89. The van der Waals surface area contributed by atoms with Gasteiger partial charge >= 0.3 is 6.18 Å². The molecule has 2 unspecified atom stereocenters. The van der Waals surface area contributed by atoms with E-state index in [-0.39, 0.29) is 17.4 Å². The van der Waals surface area contributed by atoms with Crippen molar-refractivity contribution in [2.45, 2.75) is 31.1 Å². The van der Waals surface area contributed by atoms with Gasteiger partial charge in [0.1, 0.15) is 0 Å². The first-order valence-corrected chi connectivity index (χ1v) is 10.0. The smallest absolute Gasteiger partial charge is 0.399 e. The third kappa shape index (κ3) is 4.36. The van der Waals surface area contributed by atoms with Gasteiger partial charge in [0, 0.05) is 37.1 Å². The Balaban J connectivity index is 1.69. The summed E-state index contributed by atoms with van der Waals surface area (Å²) in [5, 5.41) is 0. The van der Waals surface area contributed by atoms with Gasteiger partial charge in [-0.25, -0.2) is 0 Å². The molecule has 0 aromatic heterocycles. The van der Waals surface area contributed by atoms with Crippen molar-refractivity contribution >= 4 is 11.4 Å². The maximum atomic E-state index is 13.8. The van der Waals surface area contributed by atoms with Crippen molar-refractivity contribution in [3.8, 4) is 0 Å². The normalized spacial score (nSPS) is 23.9. The summed E-state index contributed by atoms with van der Waals surface area (Å²) in [6.45, 7) is 3.75. The molecule has 0 radical (unpaired) electrons. The number of morpholine rings is 1. The van der Waals surface area contributed by atoms with E-state index in [9.17, 15) is 13.2 Å². The lowest BCUT2D eigenvalue weighted by Crippen LogP contribution is -2.50. The van der Waals surface area contributed by atoms with Gasteiger partial charge in [0.2, 0.25) is 0 Å². The number of hydrogen-bond acceptors (Lipinski definition) is 4. The number of nitrogens with two attached hydrogens (primary N) is 1. The molecule has 2 aliphatic heterocycles. The van der Waals surface area contributed by atoms with Crippen molar-refractivity contribution in [2.75, 3.05) is 43.5 Å². The molecule has 2 aromatic rings. The van der Waals surface area contributed by atoms with E-state index in [1.807, 2.05) is 35.2 Å². The predicted molar refractivity (Wildman–Crippen MR) is 108 cm³/mol. The molecule has 2 N–H and O–H groups in total. The highest BCUT2D eigenvalue weighted by Gasteiger charge is 2.39. The molecule has 0 aliphatic carbocycles. The summed E-state index contributed by atoms with van der Waals surface area (Å²) in [4.78, 5) is 4.33. The molecule has 2 aliphatic rings. The first-order valence-electron chi connectivity index (χ1n) is 10.0. The SMILES string of the molecule is Nc1ccc(N2CCC(N3CCOCC3)CC2c2ccccc2)c(C(F)(F)F)c1. The van der Waals surface area contributed by atoms with E-state index < -0.39 is 11.7 Å². The molecular formula is C22H26F3N3O. The molecule has 2 fully saturated rings. The Labute approximate surface area is 169 Å². The number of anilines is 2. The fourth-order valence-electron chi connectivity index (χ4n) is 4.53. The van der Waals surface area contributed by atoms with Gasteiger partial charge in [0.05, 0.1) is 24.8 Å². The van der Waals surface area contributed by atoms with E-state index >= 15 is 0 Å². The molecule has 2 heterocycles. The van der Waals surface area contributed by atoms with E-state index in [1.165, 1.54) is 6.07 Å². The quantitative estimate of drug-likeness (QED) is 0.772. The van der Waals surface area contributed by atoms with Gasteiger partial charge in [-0.2, -0.15) is 13.2 Å². The number of rotatable bonds is 3. The summed E-state index contributed by atoms with van der Waals surface area (Å²) in [6, 6.07) is 14.2. The van der Waals surface area contributed by atoms with E-state index in [1.54, 1.807) is 6.07 Å². The maximum absolute atomic E-state index is 13.8. The van der Waals surface area contributed by atoms with Crippen molar-refractivity contribution in [1.82, 2.24) is 4.90 Å². The van der Waals surface area contributed by atoms with Crippen LogP contribution in [0.15, 0.2) is 48.5 Å². The summed E-state index contributed by atoms with van der Waals surface area (Å²) >= 11 is 0. The second kappa shape index (κ2) is 8.24. The average Bonchev–Trinajstić information content (AvgIpc) is 2.74. The van der Waals surface area contributed by atoms with Crippen LogP contribution in [0, 0.1) is 0 Å². The van der Waals surface area contributed by atoms with Gasteiger partial charge in [0.25, 0.3) is 0 Å². The minimum absolute atomic E-state index is 0.123. The van der Waals surface area contributed by atoms with Crippen molar-refractivity contribution in [3.63, 3.8) is 0 Å². The monoisotopic (exact) mass is 405 g/mol. The first-order chi connectivity index (χ1) is 13.9. The molecule has 0 saturated carbocycles. The molecule has 4 nitrogen and oxygen atoms in total. The zero-order valence-electron chi connectivity index (χ0n) is 16.2. The number of nitrogens with zero attached hydrogens (tertiary/aromatic N) is 2. The van der Waals surface area contributed by atoms with E-state index in [4.69, 9.17) is 10.5 Å². The highest BCUT2D eigenvalue weighted by molar-refractivity contribution is 5.62. The standard InChI is InChI=1S/C22H26F3N3O/c23-22(24,25)19-14-17(26)6-7-20(19)28-9-8-18(27-10-12-29-13-11-27)15-21(28)16-4-2-1-3-5-16/h1-7,14,18,21H,8-13,15,26H2. The molecule has 0 bridgehead atoms. The average molecular weight is 405 g/mol. The van der Waals surface area contributed by atoms with Gasteiger partial charge in [-0.3, -0.25) is 4.90 Å². The van der Waals surface area contributed by atoms with Crippen LogP contribution in [-0.2, 0) is 10.9 Å². The van der Waals surface area contributed by atoms with Crippen molar-refractivity contribution < 1.29 is 17.9 Å². The van der Waals surface area contributed by atoms with Crippen LogP contribution in [0.5, 0.6) is 0 Å². The van der Waals surface area contributed by atoms with Gasteiger partial charge in [-0.15, -0.1) is 0 Å². The molecule has 4 rings (SSSR count). The molecule has 2 atom stereocenters. The molecule has 29 heavy (non-hydrogen) atoms. The minimum atomic E-state index is -4.45. The Hall–Kier alpha value is -2.25. The lowest BCUT2D eigenvalue weighted by molar-refractivity contribution is -0.137. The lowest BCUT2D eigenvalue weighted by Gasteiger charge is -2.46. The summed E-state index contributed by atoms with van der Waals surface area (Å²) < 4.78 is 46.8. The number of alkyl halides is 3. The zero-order valence-corrected chi connectivity index (χ0v) is 16.2. The minimum Gasteiger partial charge on any atom is -0.399 e. The number of hydrogen-bond donors (Lipinski definition) is 1. The Kier molecular flexibility index (Phi) is 5.69. The second-order valence-corrected chi connectivity index (χ2v) is 7.72. The largest absolute Gasteiger partial charge is 0.418 e. The molecule has 7 heteroatoms. The number of halogens is 3. The topological polar surface area (TPSA) is 41.7 Å². The van der Waals surface area contributed by atoms with Gasteiger partial charge in [-0.05, 0) is 36.6 Å². The third-order valence-electron chi connectivity index (χ3n) is 5.96. The van der Waals surface area contributed by atoms with E-state index in [0.717, 1.165) is 37.6 Å². The Morgan fingerprint density at radius 3 is 2.38 bits per heavy atom. The third-order valence-corrected chi connectivity index (χ3v) is 5.96. The zero-order chi connectivity index (χ0) is 20.4. The molecule has 0 spiro atoms. The van der Waals surface area contributed by atoms with E-state index in [2.05, 4.69) is 4.90 Å². The van der Waals surface area contributed by atoms with Crippen LogP contribution < -0.4 is 10.6 Å². The van der Waals surface area contributed by atoms with Gasteiger partial charge < -0.3 is 15.4 Å². The van der Waals surface area contributed by atoms with Crippen LogP contribution in [0.2, 0.25) is 0 Å². The maximum Gasteiger partial charge on any atom is 0.418 e. The number of ether oxygens (including phenoxy) is 1. The van der Waals surface area contributed by atoms with Crippen LogP contribution >= 0.6 is 0 Å². The Morgan fingerprint density at radius 2 is 1.69 bits per heavy atom. The van der Waals surface area contributed by atoms with Crippen molar-refractivity contribution in [1.29, 1.82) is 0 Å². The summed E-state index contributed by atoms with van der Waals surface area (Å²) in [5.41, 5.74) is 6.39. The Morgan fingerprint density at radius 1 is 0.966 bits per heavy atom. The summed E-state index contributed by atoms with van der Waals surface area (Å²) in [7, 11) is 0. The fraction of sp³-hybridized carbons (Fsp3) is 0.455. The van der Waals surface area contributed by atoms with Crippen LogP contribution in [0.1, 0.15) is 30.0 Å². The number of piperidine rings is 1. The molecule has 2 saturated heterocycles. The van der Waals surface area contributed by atoms with Crippen LogP contribution in [0.4, 0.5) is 24.5 Å². The second-order valence-electron chi connectivity index (χ2n) is 7.72. The highest BCUT2D eigenvalue weighted by atomic mass is 19.4. The van der Waals surface area contributed by atoms with Crippen LogP contribution in [0.3, 0.4) is 0 Å². The highest BCUT2D eigenvalue weighted by Crippen LogP contribution is 2.43. The number of benzene rings is 2. The molecule has 2 aromatic carbocycles.